The van der Waals surface area contributed by atoms with Crippen LogP contribution in [0.15, 0.2) is 28.7 Å². The molecule has 0 heterocycles. The van der Waals surface area contributed by atoms with E-state index in [1.165, 1.54) is 4.90 Å². The number of anilines is 1. The molecule has 0 radical (unpaired) electrons. The molecule has 0 fully saturated rings. The van der Waals surface area contributed by atoms with Crippen molar-refractivity contribution in [1.29, 1.82) is 0 Å². The Balaban J connectivity index is 3.03. The molecule has 0 aliphatic rings. The molecule has 13 heavy (non-hydrogen) atoms. The van der Waals surface area contributed by atoms with Crippen LogP contribution in [0.1, 0.15) is 0 Å². The van der Waals surface area contributed by atoms with Crippen molar-refractivity contribution in [3.05, 3.63) is 28.7 Å². The Kier molecular flexibility index (Phi) is 3.10. The van der Waals surface area contributed by atoms with E-state index in [0.29, 0.717) is 0 Å². The first-order chi connectivity index (χ1) is 6.16. The zero-order valence-corrected chi connectivity index (χ0v) is 8.71. The summed E-state index contributed by atoms with van der Waals surface area (Å²) in [6.45, 7) is 0. The number of amides is 1. The average Bonchev–Trinajstić information content (AvgIpc) is 2.16. The molecule has 0 saturated heterocycles. The second kappa shape index (κ2) is 4.11. The molecule has 0 aliphatic heterocycles. The van der Waals surface area contributed by atoms with Gasteiger partial charge in [-0.3, -0.25) is 4.79 Å². The predicted molar refractivity (Wildman–Crippen MR) is 56.4 cm³/mol. The number of rotatable bonds is 1. The number of hydrogen-bond acceptors (Lipinski definition) is 1. The highest BCUT2D eigenvalue weighted by atomic mass is 79.9. The van der Waals surface area contributed by atoms with Crippen LogP contribution >= 0.6 is 15.9 Å². The summed E-state index contributed by atoms with van der Waals surface area (Å²) >= 11 is 3.33. The molecular weight excluding hydrogens is 230 g/mol. The van der Waals surface area contributed by atoms with E-state index in [9.17, 15) is 4.79 Å². The standard InChI is InChI=1S/C10H8BrNO/c1-3-10(13)12(2)9-7-5-4-6-8(9)11/h1,4-7H,2H3. The van der Waals surface area contributed by atoms with Crippen LogP contribution in [0.4, 0.5) is 5.69 Å². The summed E-state index contributed by atoms with van der Waals surface area (Å²) in [5, 5.41) is 0. The maximum Gasteiger partial charge on any atom is 0.302 e. The minimum absolute atomic E-state index is 0.355. The molecule has 0 N–H and O–H groups in total. The van der Waals surface area contributed by atoms with Gasteiger partial charge in [0.25, 0.3) is 0 Å². The molecule has 1 aromatic rings. The van der Waals surface area contributed by atoms with Gasteiger partial charge in [0.2, 0.25) is 0 Å². The van der Waals surface area contributed by atoms with Gasteiger partial charge in [0.15, 0.2) is 0 Å². The Morgan fingerprint density at radius 2 is 2.15 bits per heavy atom. The first kappa shape index (κ1) is 9.82. The normalized spacial score (nSPS) is 9.00. The lowest BCUT2D eigenvalue weighted by Gasteiger charge is -2.15. The maximum absolute atomic E-state index is 11.1. The Hall–Kier alpha value is -1.27. The van der Waals surface area contributed by atoms with Gasteiger partial charge >= 0.3 is 5.91 Å². The van der Waals surface area contributed by atoms with E-state index in [1.54, 1.807) is 7.05 Å². The largest absolute Gasteiger partial charge is 0.304 e. The van der Waals surface area contributed by atoms with Gasteiger partial charge in [-0.05, 0) is 34.0 Å². The average molecular weight is 238 g/mol. The van der Waals surface area contributed by atoms with E-state index >= 15 is 0 Å². The fraction of sp³-hybridized carbons (Fsp3) is 0.100. The first-order valence-corrected chi connectivity index (χ1v) is 4.45. The highest BCUT2D eigenvalue weighted by Crippen LogP contribution is 2.24. The lowest BCUT2D eigenvalue weighted by atomic mass is 10.3. The molecular formula is C10H8BrNO. The molecule has 0 aromatic heterocycles. The van der Waals surface area contributed by atoms with Crippen LogP contribution in [0.25, 0.3) is 0 Å². The fourth-order valence-corrected chi connectivity index (χ4v) is 1.48. The number of terminal acetylenes is 1. The van der Waals surface area contributed by atoms with E-state index in [4.69, 9.17) is 6.42 Å². The van der Waals surface area contributed by atoms with Crippen molar-refractivity contribution in [1.82, 2.24) is 0 Å². The molecule has 1 aromatic carbocycles. The van der Waals surface area contributed by atoms with Gasteiger partial charge in [0, 0.05) is 11.5 Å². The van der Waals surface area contributed by atoms with Crippen molar-refractivity contribution >= 4 is 27.5 Å². The van der Waals surface area contributed by atoms with Crippen molar-refractivity contribution in [2.75, 3.05) is 11.9 Å². The molecule has 2 nitrogen and oxygen atoms in total. The molecule has 0 unspecified atom stereocenters. The van der Waals surface area contributed by atoms with Gasteiger partial charge in [0.05, 0.1) is 5.69 Å². The molecule has 66 valence electrons. The van der Waals surface area contributed by atoms with Crippen molar-refractivity contribution in [2.24, 2.45) is 0 Å². The van der Waals surface area contributed by atoms with Gasteiger partial charge in [0.1, 0.15) is 0 Å². The molecule has 1 rings (SSSR count). The van der Waals surface area contributed by atoms with Crippen molar-refractivity contribution in [2.45, 2.75) is 0 Å². The van der Waals surface area contributed by atoms with Crippen LogP contribution in [0.5, 0.6) is 0 Å². The highest BCUT2D eigenvalue weighted by molar-refractivity contribution is 9.10. The van der Waals surface area contributed by atoms with Crippen LogP contribution in [0.3, 0.4) is 0 Å². The summed E-state index contributed by atoms with van der Waals surface area (Å²) in [4.78, 5) is 12.6. The Bertz CT molecular complexity index is 367. The van der Waals surface area contributed by atoms with Crippen molar-refractivity contribution in [3.63, 3.8) is 0 Å². The van der Waals surface area contributed by atoms with Crippen LogP contribution < -0.4 is 4.90 Å². The maximum atomic E-state index is 11.1. The summed E-state index contributed by atoms with van der Waals surface area (Å²) in [7, 11) is 1.64. The van der Waals surface area contributed by atoms with E-state index in [-0.39, 0.29) is 5.91 Å². The highest BCUT2D eigenvalue weighted by Gasteiger charge is 2.09. The lowest BCUT2D eigenvalue weighted by Crippen LogP contribution is -2.24. The van der Waals surface area contributed by atoms with Gasteiger partial charge in [-0.1, -0.05) is 12.1 Å². The molecule has 1 amide bonds. The molecule has 0 spiro atoms. The molecule has 3 heteroatoms. The molecule has 0 saturated carbocycles. The minimum atomic E-state index is -0.355. The zero-order chi connectivity index (χ0) is 9.84. The molecule has 0 aliphatic carbocycles. The topological polar surface area (TPSA) is 20.3 Å². The van der Waals surface area contributed by atoms with Gasteiger partial charge in [-0.15, -0.1) is 6.42 Å². The number of halogens is 1. The van der Waals surface area contributed by atoms with Crippen LogP contribution in [-0.4, -0.2) is 13.0 Å². The number of hydrogen-bond donors (Lipinski definition) is 0. The van der Waals surface area contributed by atoms with E-state index < -0.39 is 0 Å². The number of carbonyl (C=O) groups excluding carboxylic acids is 1. The fourth-order valence-electron chi connectivity index (χ4n) is 0.930. The summed E-state index contributed by atoms with van der Waals surface area (Å²) in [5.41, 5.74) is 0.769. The quantitative estimate of drug-likeness (QED) is 0.685. The number of para-hydroxylation sites is 1. The van der Waals surface area contributed by atoms with E-state index in [2.05, 4.69) is 21.9 Å². The molecule has 0 atom stereocenters. The predicted octanol–water partition coefficient (Wildman–Crippen LogP) is 2.05. The van der Waals surface area contributed by atoms with Crippen molar-refractivity contribution in [3.8, 4) is 12.3 Å². The third-order valence-corrected chi connectivity index (χ3v) is 2.31. The second-order valence-corrected chi connectivity index (χ2v) is 3.31. The summed E-state index contributed by atoms with van der Waals surface area (Å²) in [6, 6.07) is 7.40. The smallest absolute Gasteiger partial charge is 0.302 e. The van der Waals surface area contributed by atoms with E-state index in [0.717, 1.165) is 10.2 Å². The SMILES string of the molecule is C#CC(=O)N(C)c1ccccc1Br. The Morgan fingerprint density at radius 1 is 1.54 bits per heavy atom. The lowest BCUT2D eigenvalue weighted by molar-refractivity contribution is -0.113. The zero-order valence-electron chi connectivity index (χ0n) is 7.12. The van der Waals surface area contributed by atoms with Crippen LogP contribution in [0.2, 0.25) is 0 Å². The molecule has 0 bridgehead atoms. The van der Waals surface area contributed by atoms with Crippen LogP contribution in [0, 0.1) is 12.3 Å². The third-order valence-electron chi connectivity index (χ3n) is 1.64. The first-order valence-electron chi connectivity index (χ1n) is 3.65. The van der Waals surface area contributed by atoms with Crippen molar-refractivity contribution < 1.29 is 4.79 Å². The van der Waals surface area contributed by atoms with Gasteiger partial charge in [-0.25, -0.2) is 0 Å². The number of carbonyl (C=O) groups is 1. The van der Waals surface area contributed by atoms with Crippen LogP contribution in [-0.2, 0) is 4.79 Å². The summed E-state index contributed by atoms with van der Waals surface area (Å²) in [6.07, 6.45) is 5.00. The number of nitrogens with zero attached hydrogens (tertiary/aromatic N) is 1. The van der Waals surface area contributed by atoms with E-state index in [1.807, 2.05) is 24.3 Å². The third kappa shape index (κ3) is 2.10. The number of benzene rings is 1. The monoisotopic (exact) mass is 237 g/mol. The van der Waals surface area contributed by atoms with Gasteiger partial charge < -0.3 is 4.90 Å². The van der Waals surface area contributed by atoms with Gasteiger partial charge in [-0.2, -0.15) is 0 Å². The Labute approximate surface area is 85.7 Å². The Morgan fingerprint density at radius 3 is 2.69 bits per heavy atom. The minimum Gasteiger partial charge on any atom is -0.304 e. The summed E-state index contributed by atoms with van der Waals surface area (Å²) < 4.78 is 0.848. The summed E-state index contributed by atoms with van der Waals surface area (Å²) in [5.74, 6) is 1.70. The second-order valence-electron chi connectivity index (χ2n) is 2.46.